The number of benzene rings is 1. The molecule has 3 aliphatic heterocycles. The first-order chi connectivity index (χ1) is 16.4. The topological polar surface area (TPSA) is 91.8 Å². The lowest BCUT2D eigenvalue weighted by molar-refractivity contribution is -0.136. The number of aromatic nitrogens is 1. The molecule has 8 nitrogen and oxygen atoms in total. The summed E-state index contributed by atoms with van der Waals surface area (Å²) in [5.74, 6) is -0.675. The van der Waals surface area contributed by atoms with Crippen LogP contribution in [0.1, 0.15) is 58.6 Å². The third kappa shape index (κ3) is 4.16. The predicted octanol–water partition coefficient (Wildman–Crippen LogP) is 2.37. The van der Waals surface area contributed by atoms with Gasteiger partial charge in [0.15, 0.2) is 0 Å². The van der Waals surface area contributed by atoms with Crippen LogP contribution in [0.2, 0.25) is 0 Å². The van der Waals surface area contributed by atoms with Gasteiger partial charge in [-0.2, -0.15) is 0 Å². The standard InChI is InChI=1S/C25H27FN4O4/c1-34-22-12-27-7-4-16(22)13-29-8-5-15(6-9-29)18-10-17-14-30(25(33)19(17)11-20(18)26)21-2-3-23(31)28-24(21)32/h4,7,10-12,15,21H,2-3,5-6,8-9,13-14H2,1H3,(H,28,31,32). The van der Waals surface area contributed by atoms with Crippen molar-refractivity contribution in [1.82, 2.24) is 20.1 Å². The molecule has 34 heavy (non-hydrogen) atoms. The molecule has 9 heteroatoms. The number of rotatable bonds is 5. The van der Waals surface area contributed by atoms with E-state index in [9.17, 15) is 14.4 Å². The Balaban J connectivity index is 1.27. The Labute approximate surface area is 197 Å². The highest BCUT2D eigenvalue weighted by atomic mass is 19.1. The molecule has 1 aromatic carbocycles. The smallest absolute Gasteiger partial charge is 0.255 e. The molecule has 0 bridgehead atoms. The Bertz CT molecular complexity index is 1150. The Morgan fingerprint density at radius 1 is 1.18 bits per heavy atom. The Hall–Kier alpha value is -3.33. The van der Waals surface area contributed by atoms with Gasteiger partial charge < -0.3 is 9.64 Å². The van der Waals surface area contributed by atoms with Crippen molar-refractivity contribution in [3.8, 4) is 5.75 Å². The second kappa shape index (κ2) is 9.13. The number of imide groups is 1. The van der Waals surface area contributed by atoms with E-state index in [2.05, 4.69) is 15.2 Å². The minimum atomic E-state index is -0.697. The molecule has 2 saturated heterocycles. The number of halogens is 1. The first-order valence-corrected chi connectivity index (χ1v) is 11.6. The molecule has 0 saturated carbocycles. The fourth-order valence-electron chi connectivity index (χ4n) is 5.29. The molecule has 3 amide bonds. The molecule has 5 rings (SSSR count). The molecule has 0 spiro atoms. The molecular formula is C25H27FN4O4. The number of methoxy groups -OCH3 is 1. The number of carbonyl (C=O) groups is 3. The van der Waals surface area contributed by atoms with E-state index in [1.807, 2.05) is 6.07 Å². The minimum absolute atomic E-state index is 0.0700. The molecule has 178 valence electrons. The zero-order valence-electron chi connectivity index (χ0n) is 19.1. The zero-order chi connectivity index (χ0) is 23.8. The Morgan fingerprint density at radius 2 is 1.97 bits per heavy atom. The number of piperidine rings is 2. The van der Waals surface area contributed by atoms with Crippen LogP contribution in [0.5, 0.6) is 5.75 Å². The maximum Gasteiger partial charge on any atom is 0.255 e. The van der Waals surface area contributed by atoms with E-state index in [-0.39, 0.29) is 36.5 Å². The highest BCUT2D eigenvalue weighted by Crippen LogP contribution is 2.36. The second-order valence-corrected chi connectivity index (χ2v) is 9.17. The molecule has 0 radical (unpaired) electrons. The molecule has 2 fully saturated rings. The number of hydrogen-bond acceptors (Lipinski definition) is 6. The summed E-state index contributed by atoms with van der Waals surface area (Å²) in [6, 6.07) is 4.39. The van der Waals surface area contributed by atoms with Gasteiger partial charge in [0.1, 0.15) is 17.6 Å². The molecule has 1 unspecified atom stereocenters. The highest BCUT2D eigenvalue weighted by Gasteiger charge is 2.40. The summed E-state index contributed by atoms with van der Waals surface area (Å²) < 4.78 is 20.5. The lowest BCUT2D eigenvalue weighted by atomic mass is 9.87. The van der Waals surface area contributed by atoms with Crippen LogP contribution in [0.15, 0.2) is 30.6 Å². The van der Waals surface area contributed by atoms with Crippen molar-refractivity contribution in [2.75, 3.05) is 20.2 Å². The first kappa shape index (κ1) is 22.5. The molecule has 2 aromatic rings. The van der Waals surface area contributed by atoms with Crippen LogP contribution >= 0.6 is 0 Å². The van der Waals surface area contributed by atoms with E-state index in [1.165, 1.54) is 11.0 Å². The predicted molar refractivity (Wildman–Crippen MR) is 120 cm³/mol. The van der Waals surface area contributed by atoms with Gasteiger partial charge in [0, 0.05) is 36.8 Å². The van der Waals surface area contributed by atoms with Gasteiger partial charge in [0.25, 0.3) is 5.91 Å². The third-order valence-electron chi connectivity index (χ3n) is 7.15. The van der Waals surface area contributed by atoms with Crippen LogP contribution in [-0.4, -0.2) is 58.7 Å². The summed E-state index contributed by atoms with van der Waals surface area (Å²) in [6.45, 7) is 2.66. The van der Waals surface area contributed by atoms with Gasteiger partial charge >= 0.3 is 0 Å². The van der Waals surface area contributed by atoms with Crippen molar-refractivity contribution in [2.24, 2.45) is 0 Å². The second-order valence-electron chi connectivity index (χ2n) is 9.17. The van der Waals surface area contributed by atoms with E-state index in [1.54, 1.807) is 25.6 Å². The van der Waals surface area contributed by atoms with Crippen molar-refractivity contribution in [1.29, 1.82) is 0 Å². The maximum absolute atomic E-state index is 15.1. The fraction of sp³-hybridized carbons (Fsp3) is 0.440. The summed E-state index contributed by atoms with van der Waals surface area (Å²) >= 11 is 0. The van der Waals surface area contributed by atoms with Crippen LogP contribution in [0, 0.1) is 5.82 Å². The highest BCUT2D eigenvalue weighted by molar-refractivity contribution is 6.05. The largest absolute Gasteiger partial charge is 0.495 e. The number of likely N-dealkylation sites (tertiary alicyclic amines) is 1. The SMILES string of the molecule is COc1cnccc1CN1CCC(c2cc3c(cc2F)C(=O)N(C2CCC(=O)NC2=O)C3)CC1. The molecule has 3 aliphatic rings. The third-order valence-corrected chi connectivity index (χ3v) is 7.15. The van der Waals surface area contributed by atoms with Crippen LogP contribution in [0.4, 0.5) is 4.39 Å². The summed E-state index contributed by atoms with van der Waals surface area (Å²) in [7, 11) is 1.63. The van der Waals surface area contributed by atoms with E-state index >= 15 is 4.39 Å². The average Bonchev–Trinajstić information content (AvgIpc) is 3.14. The van der Waals surface area contributed by atoms with Gasteiger partial charge in [-0.25, -0.2) is 4.39 Å². The number of fused-ring (bicyclic) bond motifs is 1. The molecule has 0 aliphatic carbocycles. The summed E-state index contributed by atoms with van der Waals surface area (Å²) in [5, 5.41) is 2.29. The first-order valence-electron chi connectivity index (χ1n) is 11.6. The summed E-state index contributed by atoms with van der Waals surface area (Å²) in [4.78, 5) is 44.5. The minimum Gasteiger partial charge on any atom is -0.495 e. The van der Waals surface area contributed by atoms with E-state index in [4.69, 9.17) is 4.74 Å². The van der Waals surface area contributed by atoms with Crippen LogP contribution in [-0.2, 0) is 22.7 Å². The van der Waals surface area contributed by atoms with Crippen molar-refractivity contribution >= 4 is 17.7 Å². The number of nitrogens with one attached hydrogen (secondary N) is 1. The number of pyridine rings is 1. The lowest BCUT2D eigenvalue weighted by Crippen LogP contribution is -2.52. The molecular weight excluding hydrogens is 439 g/mol. The van der Waals surface area contributed by atoms with E-state index in [0.29, 0.717) is 17.5 Å². The maximum atomic E-state index is 15.1. The van der Waals surface area contributed by atoms with Gasteiger partial charge in [-0.3, -0.25) is 29.6 Å². The Morgan fingerprint density at radius 3 is 2.71 bits per heavy atom. The number of carbonyl (C=O) groups excluding carboxylic acids is 3. The quantitative estimate of drug-likeness (QED) is 0.681. The lowest BCUT2D eigenvalue weighted by Gasteiger charge is -2.32. The molecule has 1 N–H and O–H groups in total. The number of amides is 3. The number of nitrogens with zero attached hydrogens (tertiary/aromatic N) is 3. The van der Waals surface area contributed by atoms with Crippen molar-refractivity contribution in [3.05, 3.63) is 58.7 Å². The Kier molecular flexibility index (Phi) is 6.03. The van der Waals surface area contributed by atoms with E-state index in [0.717, 1.165) is 49.4 Å². The van der Waals surface area contributed by atoms with Gasteiger partial charge in [-0.1, -0.05) is 6.07 Å². The normalized spacial score (nSPS) is 21.5. The number of hydrogen-bond donors (Lipinski definition) is 1. The number of ether oxygens (including phenoxy) is 1. The van der Waals surface area contributed by atoms with Crippen molar-refractivity contribution < 1.29 is 23.5 Å². The van der Waals surface area contributed by atoms with Crippen molar-refractivity contribution in [2.45, 2.75) is 50.7 Å². The van der Waals surface area contributed by atoms with Gasteiger partial charge in [-0.15, -0.1) is 0 Å². The zero-order valence-corrected chi connectivity index (χ0v) is 19.1. The molecule has 4 heterocycles. The van der Waals surface area contributed by atoms with Gasteiger partial charge in [0.05, 0.1) is 13.3 Å². The molecule has 1 atom stereocenters. The molecule has 1 aromatic heterocycles. The van der Waals surface area contributed by atoms with E-state index < -0.39 is 11.9 Å². The van der Waals surface area contributed by atoms with Gasteiger partial charge in [0.2, 0.25) is 11.8 Å². The fourth-order valence-corrected chi connectivity index (χ4v) is 5.29. The monoisotopic (exact) mass is 466 g/mol. The average molecular weight is 467 g/mol. The van der Waals surface area contributed by atoms with Crippen molar-refractivity contribution in [3.63, 3.8) is 0 Å². The summed E-state index contributed by atoms with van der Waals surface area (Å²) in [5.41, 5.74) is 2.77. The van der Waals surface area contributed by atoms with Crippen LogP contribution in [0.3, 0.4) is 0 Å². The van der Waals surface area contributed by atoms with Crippen LogP contribution in [0.25, 0.3) is 0 Å². The van der Waals surface area contributed by atoms with Crippen LogP contribution < -0.4 is 10.1 Å². The van der Waals surface area contributed by atoms with Gasteiger partial charge in [-0.05, 0) is 61.5 Å². The summed E-state index contributed by atoms with van der Waals surface area (Å²) in [6.07, 6.45) is 5.58.